The third-order valence-corrected chi connectivity index (χ3v) is 4.65. The monoisotopic (exact) mass is 354 g/mol. The van der Waals surface area contributed by atoms with Gasteiger partial charge in [-0.3, -0.25) is 9.59 Å². The molecule has 1 saturated heterocycles. The summed E-state index contributed by atoms with van der Waals surface area (Å²) in [5.41, 5.74) is 1.50. The molecule has 0 aliphatic carbocycles. The van der Waals surface area contributed by atoms with Crippen molar-refractivity contribution in [1.29, 1.82) is 0 Å². The summed E-state index contributed by atoms with van der Waals surface area (Å²) < 4.78 is 13.2. The van der Waals surface area contributed by atoms with Crippen LogP contribution in [0, 0.1) is 11.7 Å². The second-order valence-corrected chi connectivity index (χ2v) is 6.70. The first-order chi connectivity index (χ1) is 12.6. The number of carbonyl (C=O) groups excluding carboxylic acids is 2. The SMILES string of the molecule is O=C(CC1CCCCN(Cc2ccccc2)C1=O)Nc1cccc(F)c1. The molecule has 2 aromatic carbocycles. The first kappa shape index (κ1) is 18.1. The normalized spacial score (nSPS) is 17.7. The first-order valence-corrected chi connectivity index (χ1v) is 9.00. The van der Waals surface area contributed by atoms with Crippen LogP contribution < -0.4 is 5.32 Å². The van der Waals surface area contributed by atoms with Crippen LogP contribution in [0.1, 0.15) is 31.2 Å². The average Bonchev–Trinajstić information content (AvgIpc) is 2.79. The molecule has 1 unspecified atom stereocenters. The zero-order valence-electron chi connectivity index (χ0n) is 14.7. The Morgan fingerprint density at radius 1 is 1.12 bits per heavy atom. The molecule has 0 radical (unpaired) electrons. The summed E-state index contributed by atoms with van der Waals surface area (Å²) in [6.07, 6.45) is 2.71. The molecule has 2 amide bonds. The Bertz CT molecular complexity index is 764. The van der Waals surface area contributed by atoms with E-state index in [0.717, 1.165) is 24.9 Å². The Morgan fingerprint density at radius 3 is 2.69 bits per heavy atom. The molecule has 0 spiro atoms. The highest BCUT2D eigenvalue weighted by Crippen LogP contribution is 2.23. The molecule has 3 rings (SSSR count). The number of rotatable bonds is 5. The minimum absolute atomic E-state index is 0.0285. The number of halogens is 1. The second kappa shape index (κ2) is 8.61. The van der Waals surface area contributed by atoms with Gasteiger partial charge >= 0.3 is 0 Å². The van der Waals surface area contributed by atoms with Crippen LogP contribution in [-0.4, -0.2) is 23.3 Å². The molecule has 1 aliphatic heterocycles. The van der Waals surface area contributed by atoms with Crippen LogP contribution in [-0.2, 0) is 16.1 Å². The molecule has 0 aromatic heterocycles. The number of nitrogens with one attached hydrogen (secondary N) is 1. The summed E-state index contributed by atoms with van der Waals surface area (Å²) >= 11 is 0. The maximum absolute atomic E-state index is 13.2. The lowest BCUT2D eigenvalue weighted by Gasteiger charge is -2.24. The zero-order valence-corrected chi connectivity index (χ0v) is 14.7. The number of anilines is 1. The van der Waals surface area contributed by atoms with Crippen LogP contribution in [0.25, 0.3) is 0 Å². The summed E-state index contributed by atoms with van der Waals surface area (Å²) in [4.78, 5) is 27.0. The van der Waals surface area contributed by atoms with Gasteiger partial charge in [0.2, 0.25) is 11.8 Å². The number of benzene rings is 2. The molecule has 1 fully saturated rings. The number of carbonyl (C=O) groups is 2. The molecular weight excluding hydrogens is 331 g/mol. The van der Waals surface area contributed by atoms with Gasteiger partial charge in [0, 0.05) is 31.1 Å². The van der Waals surface area contributed by atoms with Crippen LogP contribution in [0.2, 0.25) is 0 Å². The van der Waals surface area contributed by atoms with E-state index in [0.29, 0.717) is 18.7 Å². The van der Waals surface area contributed by atoms with Gasteiger partial charge in [-0.1, -0.05) is 42.8 Å². The Hall–Kier alpha value is -2.69. The van der Waals surface area contributed by atoms with E-state index in [4.69, 9.17) is 0 Å². The molecular formula is C21H23FN2O2. The molecule has 1 atom stereocenters. The number of amides is 2. The van der Waals surface area contributed by atoms with Crippen molar-refractivity contribution >= 4 is 17.5 Å². The van der Waals surface area contributed by atoms with Crippen LogP contribution >= 0.6 is 0 Å². The smallest absolute Gasteiger partial charge is 0.226 e. The van der Waals surface area contributed by atoms with Crippen molar-refractivity contribution in [1.82, 2.24) is 4.90 Å². The molecule has 2 aromatic rings. The van der Waals surface area contributed by atoms with Crippen LogP contribution in [0.3, 0.4) is 0 Å². The Morgan fingerprint density at radius 2 is 1.92 bits per heavy atom. The average molecular weight is 354 g/mol. The number of hydrogen-bond acceptors (Lipinski definition) is 2. The zero-order chi connectivity index (χ0) is 18.4. The van der Waals surface area contributed by atoms with Crippen molar-refractivity contribution in [3.8, 4) is 0 Å². The summed E-state index contributed by atoms with van der Waals surface area (Å²) in [5, 5.41) is 2.69. The quantitative estimate of drug-likeness (QED) is 0.883. The van der Waals surface area contributed by atoms with Crippen LogP contribution in [0.15, 0.2) is 54.6 Å². The Labute approximate surface area is 153 Å². The second-order valence-electron chi connectivity index (χ2n) is 6.70. The Kier molecular flexibility index (Phi) is 6.00. The predicted molar refractivity (Wildman–Crippen MR) is 98.8 cm³/mol. The highest BCUT2D eigenvalue weighted by atomic mass is 19.1. The van der Waals surface area contributed by atoms with E-state index in [1.807, 2.05) is 35.2 Å². The van der Waals surface area contributed by atoms with Crippen molar-refractivity contribution in [3.05, 3.63) is 66.0 Å². The van der Waals surface area contributed by atoms with Gasteiger partial charge in [-0.15, -0.1) is 0 Å². The molecule has 136 valence electrons. The summed E-state index contributed by atoms with van der Waals surface area (Å²) in [7, 11) is 0. The van der Waals surface area contributed by atoms with E-state index < -0.39 is 5.82 Å². The highest BCUT2D eigenvalue weighted by Gasteiger charge is 2.28. The van der Waals surface area contributed by atoms with Gasteiger partial charge in [-0.25, -0.2) is 4.39 Å². The maximum Gasteiger partial charge on any atom is 0.226 e. The minimum atomic E-state index is -0.401. The molecule has 26 heavy (non-hydrogen) atoms. The third-order valence-electron chi connectivity index (χ3n) is 4.65. The Balaban J connectivity index is 1.62. The topological polar surface area (TPSA) is 49.4 Å². The number of likely N-dealkylation sites (tertiary alicyclic amines) is 1. The van der Waals surface area contributed by atoms with Crippen LogP contribution in [0.5, 0.6) is 0 Å². The van der Waals surface area contributed by atoms with Gasteiger partial charge in [0.15, 0.2) is 0 Å². The molecule has 0 bridgehead atoms. The molecule has 5 heteroatoms. The predicted octanol–water partition coefficient (Wildman–Crippen LogP) is 3.98. The number of hydrogen-bond donors (Lipinski definition) is 1. The lowest BCUT2D eigenvalue weighted by Crippen LogP contribution is -2.36. The van der Waals surface area contributed by atoms with Crippen molar-refractivity contribution in [2.24, 2.45) is 5.92 Å². The van der Waals surface area contributed by atoms with Crippen molar-refractivity contribution in [3.63, 3.8) is 0 Å². The molecule has 1 heterocycles. The number of nitrogens with zero attached hydrogens (tertiary/aromatic N) is 1. The lowest BCUT2D eigenvalue weighted by atomic mass is 9.98. The van der Waals surface area contributed by atoms with Gasteiger partial charge in [0.25, 0.3) is 0 Å². The van der Waals surface area contributed by atoms with Crippen molar-refractivity contribution in [2.45, 2.75) is 32.2 Å². The molecule has 1 aliphatic rings. The maximum atomic E-state index is 13.2. The van der Waals surface area contributed by atoms with Gasteiger partial charge in [0.1, 0.15) is 5.82 Å². The van der Waals surface area contributed by atoms with E-state index in [1.54, 1.807) is 12.1 Å². The van der Waals surface area contributed by atoms with Gasteiger partial charge < -0.3 is 10.2 Å². The fraction of sp³-hybridized carbons (Fsp3) is 0.333. The van der Waals surface area contributed by atoms with E-state index >= 15 is 0 Å². The summed E-state index contributed by atoms with van der Waals surface area (Å²) in [5.74, 6) is -0.951. The fourth-order valence-electron chi connectivity index (χ4n) is 3.34. The van der Waals surface area contributed by atoms with Crippen molar-refractivity contribution in [2.75, 3.05) is 11.9 Å². The molecule has 4 nitrogen and oxygen atoms in total. The summed E-state index contributed by atoms with van der Waals surface area (Å²) in [6, 6.07) is 15.7. The van der Waals surface area contributed by atoms with E-state index in [9.17, 15) is 14.0 Å². The first-order valence-electron chi connectivity index (χ1n) is 9.00. The van der Waals surface area contributed by atoms with Crippen LogP contribution in [0.4, 0.5) is 10.1 Å². The van der Waals surface area contributed by atoms with Crippen molar-refractivity contribution < 1.29 is 14.0 Å². The highest BCUT2D eigenvalue weighted by molar-refractivity contribution is 5.94. The fourth-order valence-corrected chi connectivity index (χ4v) is 3.34. The third kappa shape index (κ3) is 4.91. The van der Waals surface area contributed by atoms with E-state index in [2.05, 4.69) is 5.32 Å². The van der Waals surface area contributed by atoms with Gasteiger partial charge in [-0.2, -0.15) is 0 Å². The lowest BCUT2D eigenvalue weighted by molar-refractivity contribution is -0.137. The summed E-state index contributed by atoms with van der Waals surface area (Å²) in [6.45, 7) is 1.29. The van der Waals surface area contributed by atoms with E-state index in [1.165, 1.54) is 12.1 Å². The van der Waals surface area contributed by atoms with Gasteiger partial charge in [-0.05, 0) is 36.6 Å². The standard InChI is InChI=1S/C21H23FN2O2/c22-18-10-6-11-19(14-18)23-20(25)13-17-9-4-5-12-24(21(17)26)15-16-7-2-1-3-8-16/h1-3,6-8,10-11,14,17H,4-5,9,12-13,15H2,(H,23,25). The van der Waals surface area contributed by atoms with E-state index in [-0.39, 0.29) is 24.2 Å². The molecule has 0 saturated carbocycles. The van der Waals surface area contributed by atoms with Gasteiger partial charge in [0.05, 0.1) is 0 Å². The molecule has 1 N–H and O–H groups in total. The minimum Gasteiger partial charge on any atom is -0.338 e. The largest absolute Gasteiger partial charge is 0.338 e.